The molecule has 0 radical (unpaired) electrons. The van der Waals surface area contributed by atoms with Gasteiger partial charge in [-0.15, -0.1) is 0 Å². The van der Waals surface area contributed by atoms with Gasteiger partial charge in [-0.3, -0.25) is 0 Å². The number of hydrogen-bond acceptors (Lipinski definition) is 4. The highest BCUT2D eigenvalue weighted by molar-refractivity contribution is 9.10. The highest BCUT2D eigenvalue weighted by Crippen LogP contribution is 2.24. The molecule has 1 aliphatic rings. The molecule has 0 atom stereocenters. The molecule has 1 N–H and O–H groups in total. The monoisotopic (exact) mass is 360 g/mol. The van der Waals surface area contributed by atoms with Crippen molar-refractivity contribution >= 4 is 33.4 Å². The first-order valence-corrected chi connectivity index (χ1v) is 8.52. The maximum atomic E-state index is 4.66. The summed E-state index contributed by atoms with van der Waals surface area (Å²) >= 11 is 3.56. The Morgan fingerprint density at radius 3 is 2.73 bits per heavy atom. The molecule has 0 saturated carbocycles. The quantitative estimate of drug-likeness (QED) is 0.872. The largest absolute Gasteiger partial charge is 0.341 e. The summed E-state index contributed by atoms with van der Waals surface area (Å²) in [6, 6.07) is 8.12. The fourth-order valence-electron chi connectivity index (χ4n) is 2.60. The minimum atomic E-state index is 0.808. The van der Waals surface area contributed by atoms with Gasteiger partial charge in [0.15, 0.2) is 0 Å². The maximum Gasteiger partial charge on any atom is 0.227 e. The molecule has 2 heterocycles. The first kappa shape index (κ1) is 15.3. The van der Waals surface area contributed by atoms with E-state index in [0.29, 0.717) is 0 Å². The van der Waals surface area contributed by atoms with Crippen LogP contribution in [0.4, 0.5) is 17.5 Å². The molecule has 1 aromatic heterocycles. The van der Waals surface area contributed by atoms with Crippen LogP contribution in [0.5, 0.6) is 0 Å². The second-order valence-corrected chi connectivity index (χ2v) is 6.85. The third-order valence-electron chi connectivity index (χ3n) is 4.15. The van der Waals surface area contributed by atoms with E-state index in [1.54, 1.807) is 0 Å². The number of piperidine rings is 1. The van der Waals surface area contributed by atoms with E-state index in [-0.39, 0.29) is 0 Å². The van der Waals surface area contributed by atoms with Gasteiger partial charge < -0.3 is 10.2 Å². The van der Waals surface area contributed by atoms with E-state index in [0.717, 1.165) is 40.9 Å². The molecule has 22 heavy (non-hydrogen) atoms. The Bertz CT molecular complexity index is 651. The van der Waals surface area contributed by atoms with E-state index in [1.165, 1.54) is 18.4 Å². The van der Waals surface area contributed by atoms with Gasteiger partial charge in [-0.25, -0.2) is 4.98 Å². The molecule has 1 aliphatic heterocycles. The number of anilines is 3. The van der Waals surface area contributed by atoms with Gasteiger partial charge in [0.1, 0.15) is 5.82 Å². The maximum absolute atomic E-state index is 4.66. The first-order chi connectivity index (χ1) is 10.6. The van der Waals surface area contributed by atoms with Crippen LogP contribution in [-0.4, -0.2) is 23.1 Å². The van der Waals surface area contributed by atoms with E-state index in [1.807, 2.05) is 12.3 Å². The first-order valence-electron chi connectivity index (χ1n) is 7.73. The van der Waals surface area contributed by atoms with Crippen LogP contribution in [0.15, 0.2) is 34.9 Å². The summed E-state index contributed by atoms with van der Waals surface area (Å²) in [5.74, 6) is 2.46. The van der Waals surface area contributed by atoms with Crippen molar-refractivity contribution in [1.29, 1.82) is 0 Å². The molecule has 1 saturated heterocycles. The topological polar surface area (TPSA) is 41.1 Å². The van der Waals surface area contributed by atoms with Crippen molar-refractivity contribution in [2.24, 2.45) is 5.92 Å². The van der Waals surface area contributed by atoms with Crippen LogP contribution in [0.25, 0.3) is 0 Å². The van der Waals surface area contributed by atoms with Crippen molar-refractivity contribution in [3.8, 4) is 0 Å². The van der Waals surface area contributed by atoms with Gasteiger partial charge in [0.05, 0.1) is 0 Å². The lowest BCUT2D eigenvalue weighted by Crippen LogP contribution is -2.34. The zero-order chi connectivity index (χ0) is 15.5. The zero-order valence-electron chi connectivity index (χ0n) is 13.0. The predicted molar refractivity (Wildman–Crippen MR) is 94.8 cm³/mol. The van der Waals surface area contributed by atoms with Crippen molar-refractivity contribution in [1.82, 2.24) is 9.97 Å². The van der Waals surface area contributed by atoms with Crippen LogP contribution in [0.3, 0.4) is 0 Å². The second-order valence-electron chi connectivity index (χ2n) is 6.00. The molecule has 0 amide bonds. The van der Waals surface area contributed by atoms with Gasteiger partial charge in [-0.1, -0.05) is 28.9 Å². The molecule has 116 valence electrons. The second kappa shape index (κ2) is 6.65. The fourth-order valence-corrected chi connectivity index (χ4v) is 2.98. The molecule has 3 rings (SSSR count). The summed E-state index contributed by atoms with van der Waals surface area (Å²) in [4.78, 5) is 11.4. The Morgan fingerprint density at radius 2 is 2.00 bits per heavy atom. The van der Waals surface area contributed by atoms with Gasteiger partial charge in [0.2, 0.25) is 5.95 Å². The molecule has 2 aromatic rings. The van der Waals surface area contributed by atoms with Crippen LogP contribution in [-0.2, 0) is 0 Å². The summed E-state index contributed by atoms with van der Waals surface area (Å²) in [5.41, 5.74) is 2.24. The standard InChI is InChI=1S/C17H21BrN4/c1-12-6-9-22(10-7-12)17-19-8-5-16(21-17)20-14-4-3-13(2)15(18)11-14/h3-5,8,11-12H,6-7,9-10H2,1-2H3,(H,19,20,21). The summed E-state index contributed by atoms with van der Waals surface area (Å²) < 4.78 is 1.09. The molecule has 1 fully saturated rings. The van der Waals surface area contributed by atoms with Crippen LogP contribution in [0, 0.1) is 12.8 Å². The molecule has 4 nitrogen and oxygen atoms in total. The average molecular weight is 361 g/mol. The van der Waals surface area contributed by atoms with E-state index in [4.69, 9.17) is 0 Å². The number of aromatic nitrogens is 2. The van der Waals surface area contributed by atoms with E-state index in [9.17, 15) is 0 Å². The minimum absolute atomic E-state index is 0.808. The SMILES string of the molecule is Cc1ccc(Nc2ccnc(N3CCC(C)CC3)n2)cc1Br. The van der Waals surface area contributed by atoms with Crippen molar-refractivity contribution in [2.75, 3.05) is 23.3 Å². The minimum Gasteiger partial charge on any atom is -0.341 e. The average Bonchev–Trinajstić information content (AvgIpc) is 2.52. The third kappa shape index (κ3) is 3.58. The van der Waals surface area contributed by atoms with Gasteiger partial charge >= 0.3 is 0 Å². The fraction of sp³-hybridized carbons (Fsp3) is 0.412. The number of hydrogen-bond donors (Lipinski definition) is 1. The lowest BCUT2D eigenvalue weighted by molar-refractivity contribution is 0.434. The molecular weight excluding hydrogens is 340 g/mol. The smallest absolute Gasteiger partial charge is 0.227 e. The molecular formula is C17H21BrN4. The number of benzene rings is 1. The van der Waals surface area contributed by atoms with Crippen LogP contribution >= 0.6 is 15.9 Å². The van der Waals surface area contributed by atoms with Gasteiger partial charge in [0, 0.05) is 29.4 Å². The van der Waals surface area contributed by atoms with Gasteiger partial charge in [-0.05, 0) is 49.4 Å². The number of nitrogens with zero attached hydrogens (tertiary/aromatic N) is 3. The van der Waals surface area contributed by atoms with Crippen molar-refractivity contribution < 1.29 is 0 Å². The van der Waals surface area contributed by atoms with Crippen LogP contribution < -0.4 is 10.2 Å². The molecule has 0 bridgehead atoms. The van der Waals surface area contributed by atoms with E-state index < -0.39 is 0 Å². The molecule has 5 heteroatoms. The Kier molecular flexibility index (Phi) is 4.62. The predicted octanol–water partition coefficient (Wildman–Crippen LogP) is 4.53. The lowest BCUT2D eigenvalue weighted by atomic mass is 10.00. The van der Waals surface area contributed by atoms with Crippen LogP contribution in [0.1, 0.15) is 25.3 Å². The third-order valence-corrected chi connectivity index (χ3v) is 5.01. The summed E-state index contributed by atoms with van der Waals surface area (Å²) in [7, 11) is 0. The summed E-state index contributed by atoms with van der Waals surface area (Å²) in [6.45, 7) is 6.47. The number of aryl methyl sites for hydroxylation is 1. The molecule has 0 aliphatic carbocycles. The van der Waals surface area contributed by atoms with Crippen LogP contribution in [0.2, 0.25) is 0 Å². The Labute approximate surface area is 140 Å². The van der Waals surface area contributed by atoms with Crippen molar-refractivity contribution in [2.45, 2.75) is 26.7 Å². The highest BCUT2D eigenvalue weighted by atomic mass is 79.9. The Balaban J connectivity index is 1.74. The number of halogens is 1. The normalized spacial score (nSPS) is 15.9. The van der Waals surface area contributed by atoms with E-state index >= 15 is 0 Å². The van der Waals surface area contributed by atoms with Crippen molar-refractivity contribution in [3.63, 3.8) is 0 Å². The zero-order valence-corrected chi connectivity index (χ0v) is 14.6. The molecule has 0 spiro atoms. The van der Waals surface area contributed by atoms with Gasteiger partial charge in [-0.2, -0.15) is 4.98 Å². The Morgan fingerprint density at radius 1 is 1.23 bits per heavy atom. The molecule has 0 unspecified atom stereocenters. The summed E-state index contributed by atoms with van der Waals surface area (Å²) in [5, 5.41) is 3.35. The van der Waals surface area contributed by atoms with E-state index in [2.05, 4.69) is 68.2 Å². The van der Waals surface area contributed by atoms with Gasteiger partial charge in [0.25, 0.3) is 0 Å². The highest BCUT2D eigenvalue weighted by Gasteiger charge is 2.18. The summed E-state index contributed by atoms with van der Waals surface area (Å²) in [6.07, 6.45) is 4.25. The molecule has 1 aromatic carbocycles. The number of nitrogens with one attached hydrogen (secondary N) is 1. The number of rotatable bonds is 3. The van der Waals surface area contributed by atoms with Crippen molar-refractivity contribution in [3.05, 3.63) is 40.5 Å². The lowest BCUT2D eigenvalue weighted by Gasteiger charge is -2.30. The Hall–Kier alpha value is -1.62.